The van der Waals surface area contributed by atoms with Crippen molar-refractivity contribution in [3.8, 4) is 0 Å². The Balaban J connectivity index is 2.22. The van der Waals surface area contributed by atoms with Gasteiger partial charge in [-0.2, -0.15) is 5.06 Å². The Hall–Kier alpha value is -1.12. The predicted molar refractivity (Wildman–Crippen MR) is 32.7 cm³/mol. The van der Waals surface area contributed by atoms with E-state index in [0.29, 0.717) is 0 Å². The van der Waals surface area contributed by atoms with Crippen molar-refractivity contribution < 1.29 is 4.84 Å². The molecule has 0 bridgehead atoms. The number of hydroxylamine groups is 2. The van der Waals surface area contributed by atoms with Crippen LogP contribution in [0.25, 0.3) is 0 Å². The smallest absolute Gasteiger partial charge is 0.157 e. The third kappa shape index (κ3) is 0.512. The van der Waals surface area contributed by atoms with Crippen LogP contribution in [0, 0.1) is 0 Å². The van der Waals surface area contributed by atoms with Gasteiger partial charge in [0.05, 0.1) is 5.70 Å². The molecule has 1 N–H and O–H groups in total. The summed E-state index contributed by atoms with van der Waals surface area (Å²) in [5.74, 6) is 0. The molecule has 0 fully saturated rings. The second-order valence-electron chi connectivity index (χ2n) is 2.16. The fourth-order valence-electron chi connectivity index (χ4n) is 1.01. The Bertz CT molecular complexity index is 185. The molecule has 1 unspecified atom stereocenters. The van der Waals surface area contributed by atoms with E-state index in [4.69, 9.17) is 4.84 Å². The van der Waals surface area contributed by atoms with Crippen molar-refractivity contribution in [2.45, 2.75) is 13.1 Å². The largest absolute Gasteiger partial charge is 0.386 e. The molecule has 0 spiro atoms. The quantitative estimate of drug-likeness (QED) is 0.510. The van der Waals surface area contributed by atoms with Crippen molar-refractivity contribution in [2.24, 2.45) is 0 Å². The molecule has 0 aromatic carbocycles. The summed E-state index contributed by atoms with van der Waals surface area (Å²) in [6, 6.07) is 0. The minimum Gasteiger partial charge on any atom is -0.386 e. The fourth-order valence-corrected chi connectivity index (χ4v) is 1.01. The van der Waals surface area contributed by atoms with Gasteiger partial charge in [0.15, 0.2) is 6.17 Å². The van der Waals surface area contributed by atoms with Crippen LogP contribution in [0.15, 0.2) is 24.2 Å². The van der Waals surface area contributed by atoms with Crippen LogP contribution in [-0.4, -0.2) is 11.2 Å². The summed E-state index contributed by atoms with van der Waals surface area (Å²) >= 11 is 0. The molecular formula is C6H8N2O. The number of hydrogen-bond donors (Lipinski definition) is 1. The third-order valence-corrected chi connectivity index (χ3v) is 1.50. The Morgan fingerprint density at radius 3 is 3.44 bits per heavy atom. The van der Waals surface area contributed by atoms with Gasteiger partial charge in [0.1, 0.15) is 6.26 Å². The van der Waals surface area contributed by atoms with Gasteiger partial charge >= 0.3 is 0 Å². The van der Waals surface area contributed by atoms with E-state index in [9.17, 15) is 0 Å². The number of allylic oxidation sites excluding steroid dienone is 1. The van der Waals surface area contributed by atoms with E-state index in [1.165, 1.54) is 0 Å². The van der Waals surface area contributed by atoms with Crippen LogP contribution >= 0.6 is 0 Å². The van der Waals surface area contributed by atoms with Crippen molar-refractivity contribution in [3.05, 3.63) is 24.2 Å². The second-order valence-corrected chi connectivity index (χ2v) is 2.16. The summed E-state index contributed by atoms with van der Waals surface area (Å²) in [5.41, 5.74) is 1.12. The molecular weight excluding hydrogens is 116 g/mol. The number of fused-ring (bicyclic) bond motifs is 1. The lowest BCUT2D eigenvalue weighted by Gasteiger charge is -2.16. The van der Waals surface area contributed by atoms with Crippen molar-refractivity contribution in [2.75, 3.05) is 0 Å². The molecule has 2 aliphatic rings. The van der Waals surface area contributed by atoms with Crippen molar-refractivity contribution in [3.63, 3.8) is 0 Å². The number of hydrogen-bond acceptors (Lipinski definition) is 3. The standard InChI is InChI=1S/C6H8N2O/c1-5-4-7-6-2-3-9-8(5)6/h2-4,6-7H,1H3. The van der Waals surface area contributed by atoms with E-state index in [1.807, 2.05) is 24.3 Å². The van der Waals surface area contributed by atoms with Crippen LogP contribution in [0.2, 0.25) is 0 Å². The van der Waals surface area contributed by atoms with Crippen LogP contribution in [0.1, 0.15) is 6.92 Å². The molecule has 0 aromatic heterocycles. The first kappa shape index (κ1) is 4.73. The van der Waals surface area contributed by atoms with Gasteiger partial charge in [0.25, 0.3) is 0 Å². The molecule has 0 saturated carbocycles. The summed E-state index contributed by atoms with van der Waals surface area (Å²) in [6.45, 7) is 2.00. The number of nitrogens with zero attached hydrogens (tertiary/aromatic N) is 1. The van der Waals surface area contributed by atoms with E-state index in [2.05, 4.69) is 5.32 Å². The molecule has 0 saturated heterocycles. The maximum absolute atomic E-state index is 5.11. The van der Waals surface area contributed by atoms with Crippen LogP contribution in [0.4, 0.5) is 0 Å². The van der Waals surface area contributed by atoms with Gasteiger partial charge in [0, 0.05) is 6.20 Å². The molecule has 2 rings (SSSR count). The van der Waals surface area contributed by atoms with E-state index >= 15 is 0 Å². The Labute approximate surface area is 53.6 Å². The van der Waals surface area contributed by atoms with Crippen LogP contribution in [-0.2, 0) is 4.84 Å². The highest BCUT2D eigenvalue weighted by Gasteiger charge is 2.25. The molecule has 2 heterocycles. The summed E-state index contributed by atoms with van der Waals surface area (Å²) in [7, 11) is 0. The minimum atomic E-state index is 0.241. The lowest BCUT2D eigenvalue weighted by molar-refractivity contribution is -0.0633. The normalized spacial score (nSPS) is 29.2. The maximum Gasteiger partial charge on any atom is 0.157 e. The van der Waals surface area contributed by atoms with E-state index in [1.54, 1.807) is 6.26 Å². The van der Waals surface area contributed by atoms with Crippen molar-refractivity contribution in [1.82, 2.24) is 10.4 Å². The van der Waals surface area contributed by atoms with Gasteiger partial charge in [-0.15, -0.1) is 0 Å². The second kappa shape index (κ2) is 1.43. The van der Waals surface area contributed by atoms with Gasteiger partial charge in [-0.3, -0.25) is 0 Å². The van der Waals surface area contributed by atoms with Gasteiger partial charge in [-0.25, -0.2) is 0 Å². The Morgan fingerprint density at radius 1 is 1.78 bits per heavy atom. The van der Waals surface area contributed by atoms with E-state index < -0.39 is 0 Å². The highest BCUT2D eigenvalue weighted by molar-refractivity contribution is 5.11. The molecule has 0 aliphatic carbocycles. The van der Waals surface area contributed by atoms with Crippen LogP contribution in [0.3, 0.4) is 0 Å². The summed E-state index contributed by atoms with van der Waals surface area (Å²) < 4.78 is 0. The van der Waals surface area contributed by atoms with Gasteiger partial charge in [-0.05, 0) is 13.0 Å². The zero-order valence-corrected chi connectivity index (χ0v) is 5.16. The zero-order chi connectivity index (χ0) is 6.27. The number of rotatable bonds is 0. The van der Waals surface area contributed by atoms with E-state index in [-0.39, 0.29) is 6.17 Å². The van der Waals surface area contributed by atoms with Crippen LogP contribution < -0.4 is 5.32 Å². The van der Waals surface area contributed by atoms with Gasteiger partial charge in [-0.1, -0.05) is 0 Å². The maximum atomic E-state index is 5.11. The first-order chi connectivity index (χ1) is 4.38. The topological polar surface area (TPSA) is 24.5 Å². The third-order valence-electron chi connectivity index (χ3n) is 1.50. The molecule has 9 heavy (non-hydrogen) atoms. The molecule has 0 radical (unpaired) electrons. The molecule has 2 aliphatic heterocycles. The molecule has 3 nitrogen and oxygen atoms in total. The highest BCUT2D eigenvalue weighted by Crippen LogP contribution is 2.19. The van der Waals surface area contributed by atoms with E-state index in [0.717, 1.165) is 5.70 Å². The predicted octanol–water partition coefficient (Wildman–Crippen LogP) is 0.538. The average molecular weight is 124 g/mol. The summed E-state index contributed by atoms with van der Waals surface area (Å²) in [5, 5.41) is 4.94. The van der Waals surface area contributed by atoms with Crippen molar-refractivity contribution in [1.29, 1.82) is 0 Å². The summed E-state index contributed by atoms with van der Waals surface area (Å²) in [6.07, 6.45) is 5.83. The highest BCUT2D eigenvalue weighted by atomic mass is 16.7. The molecule has 3 heteroatoms. The fraction of sp³-hybridized carbons (Fsp3) is 0.333. The lowest BCUT2D eigenvalue weighted by atomic mass is 10.5. The number of nitrogens with one attached hydrogen (secondary N) is 1. The molecule has 1 atom stereocenters. The van der Waals surface area contributed by atoms with Crippen molar-refractivity contribution >= 4 is 0 Å². The zero-order valence-electron chi connectivity index (χ0n) is 5.16. The SMILES string of the molecule is CC1=CNC2C=CON12. The molecule has 48 valence electrons. The Morgan fingerprint density at radius 2 is 2.67 bits per heavy atom. The molecule has 0 amide bonds. The lowest BCUT2D eigenvalue weighted by Crippen LogP contribution is -2.29. The Kier molecular flexibility index (Phi) is 0.754. The van der Waals surface area contributed by atoms with Gasteiger partial charge < -0.3 is 10.2 Å². The summed E-state index contributed by atoms with van der Waals surface area (Å²) in [4.78, 5) is 5.11. The monoisotopic (exact) mass is 124 g/mol. The average Bonchev–Trinajstić information content (AvgIpc) is 2.35. The first-order valence-corrected chi connectivity index (χ1v) is 2.93. The molecule has 0 aromatic rings. The van der Waals surface area contributed by atoms with Gasteiger partial charge in [0.2, 0.25) is 0 Å². The first-order valence-electron chi connectivity index (χ1n) is 2.93. The van der Waals surface area contributed by atoms with Crippen LogP contribution in [0.5, 0.6) is 0 Å². The minimum absolute atomic E-state index is 0.241.